The van der Waals surface area contributed by atoms with E-state index in [1.165, 1.54) is 11.0 Å². The van der Waals surface area contributed by atoms with Gasteiger partial charge in [-0.05, 0) is 55.7 Å². The maximum atomic E-state index is 13.0. The van der Waals surface area contributed by atoms with Gasteiger partial charge in [0.25, 0.3) is 11.8 Å². The number of carbonyl (C=O) groups excluding carboxylic acids is 4. The minimum atomic E-state index is -1.24. The first-order valence-electron chi connectivity index (χ1n) is 10.00. The Morgan fingerprint density at radius 1 is 1.16 bits per heavy atom. The molecule has 5 amide bonds. The fourth-order valence-electron chi connectivity index (χ4n) is 3.98. The van der Waals surface area contributed by atoms with Crippen molar-refractivity contribution in [1.82, 2.24) is 15.5 Å². The van der Waals surface area contributed by atoms with Gasteiger partial charge in [-0.2, -0.15) is 0 Å². The van der Waals surface area contributed by atoms with Gasteiger partial charge in [-0.1, -0.05) is 35.3 Å². The van der Waals surface area contributed by atoms with Gasteiger partial charge in [-0.25, -0.2) is 4.79 Å². The number of hydrogen-bond acceptors (Lipinski definition) is 4. The molecule has 0 aliphatic carbocycles. The van der Waals surface area contributed by atoms with Crippen molar-refractivity contribution in [3.63, 3.8) is 0 Å². The van der Waals surface area contributed by atoms with Crippen LogP contribution in [-0.2, 0) is 15.1 Å². The first-order valence-corrected chi connectivity index (χ1v) is 10.8. The van der Waals surface area contributed by atoms with Crippen LogP contribution >= 0.6 is 23.2 Å². The second kappa shape index (κ2) is 8.44. The lowest BCUT2D eigenvalue weighted by Crippen LogP contribution is -2.43. The highest BCUT2D eigenvalue weighted by molar-refractivity contribution is 6.35. The van der Waals surface area contributed by atoms with Crippen LogP contribution in [0.25, 0.3) is 0 Å². The minimum absolute atomic E-state index is 0.247. The number of carbonyl (C=O) groups is 4. The monoisotopic (exact) mass is 474 g/mol. The van der Waals surface area contributed by atoms with Crippen LogP contribution < -0.4 is 16.0 Å². The third-order valence-electron chi connectivity index (χ3n) is 5.73. The van der Waals surface area contributed by atoms with Crippen molar-refractivity contribution in [2.75, 3.05) is 11.9 Å². The van der Waals surface area contributed by atoms with Crippen molar-refractivity contribution in [2.45, 2.75) is 31.3 Å². The molecule has 2 aromatic rings. The minimum Gasteiger partial charge on any atom is -0.327 e. The Bertz CT molecular complexity index is 1140. The third-order valence-corrected chi connectivity index (χ3v) is 6.29. The van der Waals surface area contributed by atoms with Crippen LogP contribution in [0.15, 0.2) is 42.5 Å². The van der Waals surface area contributed by atoms with Gasteiger partial charge in [0.05, 0.1) is 10.6 Å². The van der Waals surface area contributed by atoms with Gasteiger partial charge in [0.2, 0.25) is 5.91 Å². The zero-order chi connectivity index (χ0) is 23.0. The van der Waals surface area contributed by atoms with Gasteiger partial charge in [0.1, 0.15) is 11.6 Å². The molecule has 10 heteroatoms. The molecule has 2 heterocycles. The average Bonchev–Trinajstić information content (AvgIpc) is 3.34. The number of hydrogen-bond donors (Lipinski definition) is 3. The molecular weight excluding hydrogens is 455 g/mol. The van der Waals surface area contributed by atoms with Crippen LogP contribution in [0, 0.1) is 0 Å². The summed E-state index contributed by atoms with van der Waals surface area (Å²) in [7, 11) is 0. The van der Waals surface area contributed by atoms with Gasteiger partial charge in [-0.15, -0.1) is 0 Å². The van der Waals surface area contributed by atoms with Gasteiger partial charge < -0.3 is 15.5 Å². The smallest absolute Gasteiger partial charge is 0.322 e. The standard InChI is InChI=1S/C22H20Cl2N4O4/c1-22(20(31)26-21(32)27-22)12-4-2-5-14(10-12)25-18(29)17-6-3-9-28(17)19(30)15-11-13(23)7-8-16(15)24/h2,4-5,7-8,10-11,17H,3,6,9H2,1H3,(H,25,29)(H2,26,27,31,32). The quantitative estimate of drug-likeness (QED) is 0.590. The Morgan fingerprint density at radius 2 is 1.94 bits per heavy atom. The molecule has 0 bridgehead atoms. The number of rotatable bonds is 4. The summed E-state index contributed by atoms with van der Waals surface area (Å²) in [5, 5.41) is 8.27. The summed E-state index contributed by atoms with van der Waals surface area (Å²) in [6.07, 6.45) is 1.18. The number of likely N-dealkylation sites (tertiary alicyclic amines) is 1. The molecule has 8 nitrogen and oxygen atoms in total. The molecule has 2 saturated heterocycles. The van der Waals surface area contributed by atoms with Crippen molar-refractivity contribution >= 4 is 52.6 Å². The summed E-state index contributed by atoms with van der Waals surface area (Å²) in [6.45, 7) is 2.00. The normalized spacial score (nSPS) is 22.5. The van der Waals surface area contributed by atoms with Gasteiger partial charge >= 0.3 is 6.03 Å². The van der Waals surface area contributed by atoms with Crippen molar-refractivity contribution in [3.05, 3.63) is 63.6 Å². The number of benzene rings is 2. The highest BCUT2D eigenvalue weighted by atomic mass is 35.5. The maximum Gasteiger partial charge on any atom is 0.322 e. The first-order chi connectivity index (χ1) is 15.2. The van der Waals surface area contributed by atoms with Crippen LogP contribution in [-0.4, -0.2) is 41.2 Å². The lowest BCUT2D eigenvalue weighted by molar-refractivity contribution is -0.123. The molecule has 166 valence electrons. The summed E-state index contributed by atoms with van der Waals surface area (Å²) >= 11 is 12.2. The van der Waals surface area contributed by atoms with Crippen LogP contribution in [0.3, 0.4) is 0 Å². The molecule has 0 saturated carbocycles. The Hall–Kier alpha value is -3.10. The Balaban J connectivity index is 1.53. The van der Waals surface area contributed by atoms with Crippen molar-refractivity contribution in [1.29, 1.82) is 0 Å². The van der Waals surface area contributed by atoms with E-state index in [0.717, 1.165) is 0 Å². The molecule has 2 fully saturated rings. The summed E-state index contributed by atoms with van der Waals surface area (Å²) in [4.78, 5) is 51.3. The van der Waals surface area contributed by atoms with Gasteiger partial charge in [-0.3, -0.25) is 19.7 Å². The molecular formula is C22H20Cl2N4O4. The Labute approximate surface area is 194 Å². The number of halogens is 2. The fourth-order valence-corrected chi connectivity index (χ4v) is 4.35. The van der Waals surface area contributed by atoms with E-state index < -0.39 is 23.5 Å². The molecule has 2 aliphatic heterocycles. The van der Waals surface area contributed by atoms with Gasteiger partial charge in [0.15, 0.2) is 0 Å². The zero-order valence-electron chi connectivity index (χ0n) is 17.1. The van der Waals surface area contributed by atoms with E-state index in [1.54, 1.807) is 43.3 Å². The highest BCUT2D eigenvalue weighted by Crippen LogP contribution is 2.29. The second-order valence-corrected chi connectivity index (χ2v) is 8.73. The fraction of sp³-hybridized carbons (Fsp3) is 0.273. The summed E-state index contributed by atoms with van der Waals surface area (Å²) in [5.74, 6) is -1.19. The molecule has 2 atom stereocenters. The SMILES string of the molecule is CC1(c2cccc(NC(=O)C3CCCN3C(=O)c3cc(Cl)ccc3Cl)c2)NC(=O)NC1=O. The summed E-state index contributed by atoms with van der Waals surface area (Å²) in [6, 6.07) is 10.0. The lowest BCUT2D eigenvalue weighted by Gasteiger charge is -2.25. The van der Waals surface area contributed by atoms with E-state index >= 15 is 0 Å². The molecule has 32 heavy (non-hydrogen) atoms. The van der Waals surface area contributed by atoms with Gasteiger partial charge in [0, 0.05) is 17.3 Å². The number of urea groups is 1. The Morgan fingerprint density at radius 3 is 2.66 bits per heavy atom. The Kier molecular flexibility index (Phi) is 5.83. The number of amides is 5. The third kappa shape index (κ3) is 4.03. The van der Waals surface area contributed by atoms with E-state index in [0.29, 0.717) is 35.7 Å². The van der Waals surface area contributed by atoms with Crippen molar-refractivity contribution in [3.8, 4) is 0 Å². The molecule has 0 aromatic heterocycles. The van der Waals surface area contributed by atoms with Crippen molar-refractivity contribution in [2.24, 2.45) is 0 Å². The highest BCUT2D eigenvalue weighted by Gasteiger charge is 2.43. The molecule has 2 aliphatic rings. The van der Waals surface area contributed by atoms with E-state index in [2.05, 4.69) is 16.0 Å². The maximum absolute atomic E-state index is 13.0. The van der Waals surface area contributed by atoms with E-state index in [4.69, 9.17) is 23.2 Å². The molecule has 3 N–H and O–H groups in total. The predicted molar refractivity (Wildman–Crippen MR) is 120 cm³/mol. The van der Waals surface area contributed by atoms with E-state index in [-0.39, 0.29) is 22.4 Å². The number of imide groups is 1. The second-order valence-electron chi connectivity index (χ2n) is 7.88. The molecule has 0 spiro atoms. The lowest BCUT2D eigenvalue weighted by atomic mass is 9.92. The summed E-state index contributed by atoms with van der Waals surface area (Å²) in [5.41, 5.74) is -0.0282. The molecule has 4 rings (SSSR count). The first kappa shape index (κ1) is 22.1. The number of anilines is 1. The number of nitrogens with one attached hydrogen (secondary N) is 3. The largest absolute Gasteiger partial charge is 0.327 e. The topological polar surface area (TPSA) is 108 Å². The van der Waals surface area contributed by atoms with Crippen molar-refractivity contribution < 1.29 is 19.2 Å². The zero-order valence-corrected chi connectivity index (χ0v) is 18.6. The molecule has 2 unspecified atom stereocenters. The van der Waals surface area contributed by atoms with Crippen LogP contribution in [0.4, 0.5) is 10.5 Å². The van der Waals surface area contributed by atoms with Crippen LogP contribution in [0.1, 0.15) is 35.7 Å². The van der Waals surface area contributed by atoms with E-state index in [1.807, 2.05) is 0 Å². The molecule has 0 radical (unpaired) electrons. The number of nitrogens with zero attached hydrogens (tertiary/aromatic N) is 1. The predicted octanol–water partition coefficient (Wildman–Crippen LogP) is 3.29. The molecule has 2 aromatic carbocycles. The average molecular weight is 475 g/mol. The van der Waals surface area contributed by atoms with E-state index in [9.17, 15) is 19.2 Å². The summed E-state index contributed by atoms with van der Waals surface area (Å²) < 4.78 is 0. The van der Waals surface area contributed by atoms with Crippen LogP contribution in [0.2, 0.25) is 10.0 Å². The van der Waals surface area contributed by atoms with Crippen LogP contribution in [0.5, 0.6) is 0 Å².